The lowest BCUT2D eigenvalue weighted by molar-refractivity contribution is -0.0278. The van der Waals surface area contributed by atoms with Gasteiger partial charge in [0, 0.05) is 13.1 Å². The molecule has 1 aliphatic rings. The van der Waals surface area contributed by atoms with Crippen molar-refractivity contribution in [3.8, 4) is 0 Å². The van der Waals surface area contributed by atoms with Gasteiger partial charge in [-0.2, -0.15) is 0 Å². The molecule has 0 saturated carbocycles. The number of nitrogens with two attached hydrogens (primary N) is 1. The van der Waals surface area contributed by atoms with Crippen LogP contribution in [0.2, 0.25) is 0 Å². The Labute approximate surface area is 108 Å². The second-order valence-corrected chi connectivity index (χ2v) is 5.35. The molecule has 100 valence electrons. The third-order valence-electron chi connectivity index (χ3n) is 3.21. The molecule has 3 nitrogen and oxygen atoms in total. The Hall–Kier alpha value is -1.13. The fourth-order valence-electron chi connectivity index (χ4n) is 2.35. The number of ether oxygens (including phenoxy) is 1. The minimum atomic E-state index is -0.222. The highest BCUT2D eigenvalue weighted by molar-refractivity contribution is 5.50. The highest BCUT2D eigenvalue weighted by atomic mass is 19.1. The Morgan fingerprint density at radius 3 is 2.83 bits per heavy atom. The standard InChI is InChI=1S/C14H21FN2O/c1-14(2)10-17(7-8-18-14)13-4-3-11(5-6-16)9-12(13)15/h3-4,9H,5-8,10,16H2,1-2H3. The van der Waals surface area contributed by atoms with Crippen molar-refractivity contribution in [3.63, 3.8) is 0 Å². The molecule has 1 aromatic rings. The number of morpholine rings is 1. The van der Waals surface area contributed by atoms with Crippen LogP contribution in [0.3, 0.4) is 0 Å². The van der Waals surface area contributed by atoms with Crippen LogP contribution < -0.4 is 10.6 Å². The summed E-state index contributed by atoms with van der Waals surface area (Å²) < 4.78 is 19.7. The van der Waals surface area contributed by atoms with Gasteiger partial charge in [-0.25, -0.2) is 4.39 Å². The van der Waals surface area contributed by atoms with E-state index in [0.717, 1.165) is 12.1 Å². The molecule has 1 aliphatic heterocycles. The Balaban J connectivity index is 2.18. The zero-order chi connectivity index (χ0) is 13.2. The number of nitrogens with zero attached hydrogens (tertiary/aromatic N) is 1. The molecule has 0 unspecified atom stereocenters. The van der Waals surface area contributed by atoms with Gasteiger partial charge < -0.3 is 15.4 Å². The van der Waals surface area contributed by atoms with Crippen LogP contribution in [0.4, 0.5) is 10.1 Å². The molecule has 1 aromatic carbocycles. The van der Waals surface area contributed by atoms with Crippen molar-refractivity contribution in [3.05, 3.63) is 29.6 Å². The molecule has 2 N–H and O–H groups in total. The first-order chi connectivity index (χ1) is 8.52. The Morgan fingerprint density at radius 1 is 1.44 bits per heavy atom. The van der Waals surface area contributed by atoms with Gasteiger partial charge >= 0.3 is 0 Å². The number of hydrogen-bond donors (Lipinski definition) is 1. The Morgan fingerprint density at radius 2 is 2.22 bits per heavy atom. The molecular weight excluding hydrogens is 231 g/mol. The van der Waals surface area contributed by atoms with Crippen LogP contribution in [0.5, 0.6) is 0 Å². The lowest BCUT2D eigenvalue weighted by Crippen LogP contribution is -2.48. The number of rotatable bonds is 3. The fraction of sp³-hybridized carbons (Fsp3) is 0.571. The highest BCUT2D eigenvalue weighted by Crippen LogP contribution is 2.26. The molecular formula is C14H21FN2O. The minimum Gasteiger partial charge on any atom is -0.372 e. The summed E-state index contributed by atoms with van der Waals surface area (Å²) in [6.07, 6.45) is 0.714. The van der Waals surface area contributed by atoms with E-state index in [4.69, 9.17) is 10.5 Å². The van der Waals surface area contributed by atoms with Gasteiger partial charge in [-0.15, -0.1) is 0 Å². The second-order valence-electron chi connectivity index (χ2n) is 5.35. The van der Waals surface area contributed by atoms with Crippen molar-refractivity contribution < 1.29 is 9.13 Å². The molecule has 2 rings (SSSR count). The average Bonchev–Trinajstić information content (AvgIpc) is 2.28. The quantitative estimate of drug-likeness (QED) is 0.893. The molecule has 0 aliphatic carbocycles. The monoisotopic (exact) mass is 252 g/mol. The number of anilines is 1. The fourth-order valence-corrected chi connectivity index (χ4v) is 2.35. The van der Waals surface area contributed by atoms with Gasteiger partial charge in [0.1, 0.15) is 5.82 Å². The molecule has 0 radical (unpaired) electrons. The van der Waals surface area contributed by atoms with E-state index in [1.165, 1.54) is 0 Å². The normalized spacial score (nSPS) is 19.0. The first kappa shape index (κ1) is 13.3. The maximum Gasteiger partial charge on any atom is 0.146 e. The zero-order valence-electron chi connectivity index (χ0n) is 11.1. The van der Waals surface area contributed by atoms with Crippen LogP contribution in [-0.2, 0) is 11.2 Å². The van der Waals surface area contributed by atoms with E-state index in [1.807, 2.05) is 30.9 Å². The van der Waals surface area contributed by atoms with Crippen molar-refractivity contribution >= 4 is 5.69 Å². The highest BCUT2D eigenvalue weighted by Gasteiger charge is 2.28. The van der Waals surface area contributed by atoms with Crippen LogP contribution >= 0.6 is 0 Å². The lowest BCUT2D eigenvalue weighted by atomic mass is 10.1. The van der Waals surface area contributed by atoms with E-state index in [2.05, 4.69) is 0 Å². The summed E-state index contributed by atoms with van der Waals surface area (Å²) in [5, 5.41) is 0. The van der Waals surface area contributed by atoms with Crippen LogP contribution in [0.25, 0.3) is 0 Å². The first-order valence-corrected chi connectivity index (χ1v) is 6.39. The van der Waals surface area contributed by atoms with Gasteiger partial charge in [-0.3, -0.25) is 0 Å². The van der Waals surface area contributed by atoms with Crippen molar-refractivity contribution in [1.82, 2.24) is 0 Å². The predicted molar refractivity (Wildman–Crippen MR) is 71.4 cm³/mol. The van der Waals surface area contributed by atoms with Crippen LogP contribution in [0.1, 0.15) is 19.4 Å². The molecule has 0 aromatic heterocycles. The van der Waals surface area contributed by atoms with E-state index < -0.39 is 0 Å². The van der Waals surface area contributed by atoms with E-state index in [0.29, 0.717) is 31.8 Å². The van der Waals surface area contributed by atoms with Crippen molar-refractivity contribution in [2.75, 3.05) is 31.1 Å². The second kappa shape index (κ2) is 5.24. The largest absolute Gasteiger partial charge is 0.372 e. The molecule has 4 heteroatoms. The predicted octanol–water partition coefficient (Wildman–Crippen LogP) is 1.94. The summed E-state index contributed by atoms with van der Waals surface area (Å²) in [7, 11) is 0. The van der Waals surface area contributed by atoms with Crippen LogP contribution in [0.15, 0.2) is 18.2 Å². The van der Waals surface area contributed by atoms with Gasteiger partial charge in [-0.05, 0) is 44.5 Å². The molecule has 18 heavy (non-hydrogen) atoms. The van der Waals surface area contributed by atoms with Crippen molar-refractivity contribution in [2.24, 2.45) is 5.73 Å². The third kappa shape index (κ3) is 3.00. The topological polar surface area (TPSA) is 38.5 Å². The molecule has 1 fully saturated rings. The summed E-state index contributed by atoms with van der Waals surface area (Å²) in [6, 6.07) is 5.39. The molecule has 0 amide bonds. The van der Waals surface area contributed by atoms with Gasteiger partial charge in [0.15, 0.2) is 0 Å². The Kier molecular flexibility index (Phi) is 3.88. The first-order valence-electron chi connectivity index (χ1n) is 6.39. The minimum absolute atomic E-state index is 0.168. The Bertz CT molecular complexity index is 420. The number of halogens is 1. The maximum absolute atomic E-state index is 14.1. The van der Waals surface area contributed by atoms with Crippen molar-refractivity contribution in [2.45, 2.75) is 25.9 Å². The number of benzene rings is 1. The summed E-state index contributed by atoms with van der Waals surface area (Å²) in [6.45, 7) is 6.68. The van der Waals surface area contributed by atoms with E-state index in [-0.39, 0.29) is 11.4 Å². The average molecular weight is 252 g/mol. The van der Waals surface area contributed by atoms with E-state index >= 15 is 0 Å². The third-order valence-corrected chi connectivity index (χ3v) is 3.21. The summed E-state index contributed by atoms with van der Waals surface area (Å²) in [5.41, 5.74) is 6.87. The SMILES string of the molecule is CC1(C)CN(c2ccc(CCN)cc2F)CCO1. The van der Waals surface area contributed by atoms with Crippen LogP contribution in [0, 0.1) is 5.82 Å². The summed E-state index contributed by atoms with van der Waals surface area (Å²) in [4.78, 5) is 2.05. The zero-order valence-corrected chi connectivity index (χ0v) is 11.1. The molecule has 0 atom stereocenters. The van der Waals surface area contributed by atoms with Gasteiger partial charge in [-0.1, -0.05) is 6.07 Å². The number of hydrogen-bond acceptors (Lipinski definition) is 3. The maximum atomic E-state index is 14.1. The molecule has 1 saturated heterocycles. The lowest BCUT2D eigenvalue weighted by Gasteiger charge is -2.39. The molecule has 0 bridgehead atoms. The summed E-state index contributed by atoms with van der Waals surface area (Å²) >= 11 is 0. The smallest absolute Gasteiger partial charge is 0.146 e. The molecule has 1 heterocycles. The van der Waals surface area contributed by atoms with Crippen molar-refractivity contribution in [1.29, 1.82) is 0 Å². The van der Waals surface area contributed by atoms with Gasteiger partial charge in [0.2, 0.25) is 0 Å². The van der Waals surface area contributed by atoms with Gasteiger partial charge in [0.25, 0.3) is 0 Å². The van der Waals surface area contributed by atoms with E-state index in [1.54, 1.807) is 6.07 Å². The summed E-state index contributed by atoms with van der Waals surface area (Å²) in [5.74, 6) is -0.168. The molecule has 0 spiro atoms. The van der Waals surface area contributed by atoms with Crippen LogP contribution in [-0.4, -0.2) is 31.8 Å². The van der Waals surface area contributed by atoms with E-state index in [9.17, 15) is 4.39 Å². The van der Waals surface area contributed by atoms with Gasteiger partial charge in [0.05, 0.1) is 17.9 Å².